The number of esters is 1. The first-order chi connectivity index (χ1) is 13.9. The van der Waals surface area contributed by atoms with Gasteiger partial charge in [0.2, 0.25) is 0 Å². The van der Waals surface area contributed by atoms with E-state index in [1.807, 2.05) is 0 Å². The van der Waals surface area contributed by atoms with Gasteiger partial charge in [-0.2, -0.15) is 26.3 Å². The van der Waals surface area contributed by atoms with Crippen LogP contribution in [0.25, 0.3) is 0 Å². The topological polar surface area (TPSA) is 55.4 Å². The number of nitrogens with one attached hydrogen (secondary N) is 1. The minimum Gasteiger partial charge on any atom is -0.452 e. The second-order valence-electron chi connectivity index (χ2n) is 6.10. The predicted molar refractivity (Wildman–Crippen MR) is 89.8 cm³/mol. The predicted octanol–water partition coefficient (Wildman–Crippen LogP) is 4.38. The van der Waals surface area contributed by atoms with Gasteiger partial charge in [0.05, 0.1) is 16.7 Å². The number of hydrogen-bond donors (Lipinski definition) is 1. The van der Waals surface area contributed by atoms with E-state index in [1.54, 1.807) is 0 Å². The number of carbonyl (C=O) groups excluding carboxylic acids is 2. The zero-order valence-corrected chi connectivity index (χ0v) is 15.0. The maximum atomic E-state index is 12.8. The molecule has 0 aromatic heterocycles. The average Bonchev–Trinajstić information content (AvgIpc) is 2.66. The van der Waals surface area contributed by atoms with Crippen LogP contribution in [0, 0.1) is 5.82 Å². The minimum absolute atomic E-state index is 0.0871. The van der Waals surface area contributed by atoms with Crippen LogP contribution in [-0.2, 0) is 28.3 Å². The minimum atomic E-state index is -5.12. The molecule has 0 aliphatic heterocycles. The first-order valence-corrected chi connectivity index (χ1v) is 8.34. The molecule has 0 aliphatic rings. The highest BCUT2D eigenvalue weighted by Crippen LogP contribution is 2.36. The van der Waals surface area contributed by atoms with Crippen molar-refractivity contribution in [3.05, 3.63) is 70.5 Å². The summed E-state index contributed by atoms with van der Waals surface area (Å²) in [6.45, 7) is -0.816. The number of carbonyl (C=O) groups is 2. The van der Waals surface area contributed by atoms with Gasteiger partial charge in [-0.3, -0.25) is 4.79 Å². The molecule has 0 saturated heterocycles. The fraction of sp³-hybridized carbons (Fsp3) is 0.263. The molecule has 1 amide bonds. The van der Waals surface area contributed by atoms with Gasteiger partial charge in [-0.25, -0.2) is 9.18 Å². The van der Waals surface area contributed by atoms with Crippen molar-refractivity contribution >= 4 is 11.9 Å². The van der Waals surface area contributed by atoms with Crippen molar-refractivity contribution in [2.75, 3.05) is 13.2 Å². The fourth-order valence-corrected chi connectivity index (χ4v) is 2.34. The normalized spacial score (nSPS) is 11.8. The van der Waals surface area contributed by atoms with Gasteiger partial charge in [-0.15, -0.1) is 0 Å². The molecule has 11 heteroatoms. The maximum absolute atomic E-state index is 12.8. The molecule has 0 saturated carbocycles. The second-order valence-corrected chi connectivity index (χ2v) is 6.10. The lowest BCUT2D eigenvalue weighted by Gasteiger charge is -2.14. The van der Waals surface area contributed by atoms with Crippen LogP contribution in [0.2, 0.25) is 0 Å². The summed E-state index contributed by atoms with van der Waals surface area (Å²) in [5.41, 5.74) is -3.63. The van der Waals surface area contributed by atoms with Crippen LogP contribution in [0.5, 0.6) is 0 Å². The molecule has 0 atom stereocenters. The van der Waals surface area contributed by atoms with Gasteiger partial charge < -0.3 is 10.1 Å². The molecule has 0 aliphatic carbocycles. The number of amides is 1. The van der Waals surface area contributed by atoms with Crippen molar-refractivity contribution in [2.45, 2.75) is 18.8 Å². The summed E-state index contributed by atoms with van der Waals surface area (Å²) in [7, 11) is 0. The van der Waals surface area contributed by atoms with E-state index < -0.39 is 53.3 Å². The fourth-order valence-electron chi connectivity index (χ4n) is 2.34. The molecule has 0 spiro atoms. The first-order valence-electron chi connectivity index (χ1n) is 8.34. The lowest BCUT2D eigenvalue weighted by molar-refractivity contribution is -0.143. The van der Waals surface area contributed by atoms with E-state index in [-0.39, 0.29) is 24.7 Å². The Morgan fingerprint density at radius 1 is 0.867 bits per heavy atom. The van der Waals surface area contributed by atoms with E-state index in [9.17, 15) is 40.3 Å². The Balaban J connectivity index is 1.96. The van der Waals surface area contributed by atoms with Crippen molar-refractivity contribution in [1.82, 2.24) is 5.32 Å². The summed E-state index contributed by atoms with van der Waals surface area (Å²) in [6, 6.07) is 5.74. The Kier molecular flexibility index (Phi) is 7.06. The molecule has 1 N–H and O–H groups in total. The molecular formula is C19H14F7NO3. The molecule has 0 bridgehead atoms. The third kappa shape index (κ3) is 6.75. The van der Waals surface area contributed by atoms with Gasteiger partial charge in [0.15, 0.2) is 6.61 Å². The van der Waals surface area contributed by atoms with Crippen molar-refractivity contribution in [2.24, 2.45) is 0 Å². The summed E-state index contributed by atoms with van der Waals surface area (Å²) >= 11 is 0. The number of ether oxygens (including phenoxy) is 1. The van der Waals surface area contributed by atoms with Gasteiger partial charge >= 0.3 is 18.3 Å². The molecule has 2 aromatic carbocycles. The van der Waals surface area contributed by atoms with E-state index in [0.29, 0.717) is 12.0 Å². The van der Waals surface area contributed by atoms with Crippen molar-refractivity contribution in [1.29, 1.82) is 0 Å². The number of benzene rings is 2. The zero-order chi connectivity index (χ0) is 22.5. The van der Waals surface area contributed by atoms with Crippen LogP contribution in [0.15, 0.2) is 42.5 Å². The van der Waals surface area contributed by atoms with Crippen LogP contribution >= 0.6 is 0 Å². The first kappa shape index (κ1) is 23.2. The molecule has 0 fully saturated rings. The Bertz CT molecular complexity index is 874. The molecule has 0 radical (unpaired) electrons. The van der Waals surface area contributed by atoms with E-state index in [2.05, 4.69) is 10.1 Å². The monoisotopic (exact) mass is 437 g/mol. The van der Waals surface area contributed by atoms with Crippen molar-refractivity contribution in [3.8, 4) is 0 Å². The molecular weight excluding hydrogens is 423 g/mol. The Morgan fingerprint density at radius 3 is 1.90 bits per heavy atom. The smallest absolute Gasteiger partial charge is 0.416 e. The molecule has 4 nitrogen and oxygen atoms in total. The van der Waals surface area contributed by atoms with E-state index in [1.165, 1.54) is 24.3 Å². The third-order valence-electron chi connectivity index (χ3n) is 3.81. The summed E-state index contributed by atoms with van der Waals surface area (Å²) in [4.78, 5) is 23.5. The molecule has 2 aromatic rings. The van der Waals surface area contributed by atoms with Crippen LogP contribution in [-0.4, -0.2) is 25.0 Å². The SMILES string of the molecule is O=C(COC(=O)c1cc(C(F)(F)F)cc(C(F)(F)F)c1)NCCc1ccc(F)cc1. The standard InChI is InChI=1S/C19H14F7NO3/c20-15-3-1-11(2-4-15)5-6-27-16(28)10-30-17(29)12-7-13(18(21,22)23)9-14(8-12)19(24,25)26/h1-4,7-9H,5-6,10H2,(H,27,28). The number of hydrogen-bond acceptors (Lipinski definition) is 3. The van der Waals surface area contributed by atoms with Crippen molar-refractivity contribution < 1.29 is 45.1 Å². The highest BCUT2D eigenvalue weighted by atomic mass is 19.4. The highest BCUT2D eigenvalue weighted by Gasteiger charge is 2.37. The quantitative estimate of drug-likeness (QED) is 0.539. The largest absolute Gasteiger partial charge is 0.452 e. The summed E-state index contributed by atoms with van der Waals surface area (Å²) in [6.07, 6.45) is -9.91. The van der Waals surface area contributed by atoms with Crippen LogP contribution in [0.4, 0.5) is 30.7 Å². The van der Waals surface area contributed by atoms with Gasteiger partial charge in [0.25, 0.3) is 5.91 Å². The molecule has 2 rings (SSSR count). The summed E-state index contributed by atoms with van der Waals surface area (Å²) in [5.74, 6) is -2.76. The van der Waals surface area contributed by atoms with Gasteiger partial charge in [0, 0.05) is 6.54 Å². The zero-order valence-electron chi connectivity index (χ0n) is 15.0. The molecule has 0 unspecified atom stereocenters. The van der Waals surface area contributed by atoms with E-state index in [0.717, 1.165) is 0 Å². The highest BCUT2D eigenvalue weighted by molar-refractivity contribution is 5.91. The average molecular weight is 437 g/mol. The third-order valence-corrected chi connectivity index (χ3v) is 3.81. The van der Waals surface area contributed by atoms with E-state index >= 15 is 0 Å². The second kappa shape index (κ2) is 9.14. The summed E-state index contributed by atoms with van der Waals surface area (Å²) in [5, 5.41) is 2.35. The molecule has 162 valence electrons. The lowest BCUT2D eigenvalue weighted by Crippen LogP contribution is -2.30. The Hall–Kier alpha value is -3.11. The van der Waals surface area contributed by atoms with Crippen molar-refractivity contribution in [3.63, 3.8) is 0 Å². The van der Waals surface area contributed by atoms with Gasteiger partial charge in [0.1, 0.15) is 5.82 Å². The summed E-state index contributed by atoms with van der Waals surface area (Å²) < 4.78 is 94.2. The van der Waals surface area contributed by atoms with Gasteiger partial charge in [-0.05, 0) is 42.3 Å². The Morgan fingerprint density at radius 2 is 1.40 bits per heavy atom. The van der Waals surface area contributed by atoms with E-state index in [4.69, 9.17) is 0 Å². The molecule has 30 heavy (non-hydrogen) atoms. The van der Waals surface area contributed by atoms with Crippen LogP contribution in [0.1, 0.15) is 27.0 Å². The van der Waals surface area contributed by atoms with Crippen LogP contribution < -0.4 is 5.32 Å². The maximum Gasteiger partial charge on any atom is 0.416 e. The number of halogens is 7. The molecule has 0 heterocycles. The lowest BCUT2D eigenvalue weighted by atomic mass is 10.0. The number of rotatable bonds is 6. The Labute approximate surface area is 165 Å². The van der Waals surface area contributed by atoms with Crippen LogP contribution in [0.3, 0.4) is 0 Å². The number of alkyl halides is 6. The van der Waals surface area contributed by atoms with Gasteiger partial charge in [-0.1, -0.05) is 12.1 Å².